The monoisotopic (exact) mass is 285 g/mol. The lowest BCUT2D eigenvalue weighted by Gasteiger charge is -2.37. The van der Waals surface area contributed by atoms with Gasteiger partial charge in [0.2, 0.25) is 0 Å². The van der Waals surface area contributed by atoms with E-state index in [0.717, 1.165) is 6.42 Å². The van der Waals surface area contributed by atoms with Crippen LogP contribution in [0.5, 0.6) is 0 Å². The zero-order valence-corrected chi connectivity index (χ0v) is 12.9. The summed E-state index contributed by atoms with van der Waals surface area (Å²) in [6.07, 6.45) is 1.03. The molecule has 0 aromatic heterocycles. The normalized spacial score (nSPS) is 21.1. The van der Waals surface area contributed by atoms with E-state index in [1.807, 2.05) is 11.8 Å². The maximum absolute atomic E-state index is 12.1. The van der Waals surface area contributed by atoms with E-state index >= 15 is 0 Å². The van der Waals surface area contributed by atoms with Crippen LogP contribution in [0.2, 0.25) is 0 Å². The molecule has 0 spiro atoms. The number of amides is 2. The lowest BCUT2D eigenvalue weighted by molar-refractivity contribution is -0.143. The van der Waals surface area contributed by atoms with Crippen molar-refractivity contribution in [2.24, 2.45) is 5.92 Å². The van der Waals surface area contributed by atoms with E-state index in [-0.39, 0.29) is 12.1 Å². The molecule has 6 nitrogen and oxygen atoms in total. The predicted molar refractivity (Wildman–Crippen MR) is 77.7 cm³/mol. The molecule has 1 rings (SSSR count). The van der Waals surface area contributed by atoms with E-state index in [1.54, 1.807) is 11.8 Å². The first-order chi connectivity index (χ1) is 9.36. The zero-order chi connectivity index (χ0) is 15.3. The molecule has 2 N–H and O–H groups in total. The number of rotatable bonds is 5. The third kappa shape index (κ3) is 4.37. The van der Waals surface area contributed by atoms with Crippen molar-refractivity contribution < 1.29 is 14.7 Å². The number of nitrogens with zero attached hydrogens (tertiary/aromatic N) is 2. The van der Waals surface area contributed by atoms with Crippen molar-refractivity contribution in [1.82, 2.24) is 15.1 Å². The lowest BCUT2D eigenvalue weighted by Crippen LogP contribution is -2.56. The predicted octanol–water partition coefficient (Wildman–Crippen LogP) is 1.22. The summed E-state index contributed by atoms with van der Waals surface area (Å²) in [5.41, 5.74) is 0. The summed E-state index contributed by atoms with van der Waals surface area (Å²) in [7, 11) is 0. The van der Waals surface area contributed by atoms with Gasteiger partial charge in [-0.1, -0.05) is 20.3 Å². The van der Waals surface area contributed by atoms with Crippen LogP contribution < -0.4 is 5.32 Å². The van der Waals surface area contributed by atoms with E-state index in [4.69, 9.17) is 5.11 Å². The summed E-state index contributed by atoms with van der Waals surface area (Å²) in [6, 6.07) is -0.372. The summed E-state index contributed by atoms with van der Waals surface area (Å²) < 4.78 is 0. The largest absolute Gasteiger partial charge is 0.480 e. The molecule has 0 radical (unpaired) electrons. The van der Waals surface area contributed by atoms with Gasteiger partial charge in [-0.15, -0.1) is 0 Å². The van der Waals surface area contributed by atoms with Crippen molar-refractivity contribution in [3.63, 3.8) is 0 Å². The molecule has 1 heterocycles. The first kappa shape index (κ1) is 16.8. The molecule has 1 fully saturated rings. The van der Waals surface area contributed by atoms with Gasteiger partial charge >= 0.3 is 12.0 Å². The molecule has 0 saturated carbocycles. The van der Waals surface area contributed by atoms with Gasteiger partial charge in [-0.05, 0) is 19.8 Å². The molecule has 6 heteroatoms. The summed E-state index contributed by atoms with van der Waals surface area (Å²) in [5.74, 6) is -0.361. The van der Waals surface area contributed by atoms with Crippen LogP contribution in [-0.2, 0) is 4.79 Å². The Hall–Kier alpha value is -1.30. The number of carboxylic acid groups (broad SMARTS) is 1. The minimum absolute atomic E-state index is 0.0413. The fourth-order valence-electron chi connectivity index (χ4n) is 2.25. The van der Waals surface area contributed by atoms with Gasteiger partial charge in [0.25, 0.3) is 0 Å². The van der Waals surface area contributed by atoms with Crippen molar-refractivity contribution in [3.8, 4) is 0 Å². The van der Waals surface area contributed by atoms with Crippen LogP contribution in [0.25, 0.3) is 0 Å². The molecule has 1 saturated heterocycles. The van der Waals surface area contributed by atoms with Gasteiger partial charge in [0, 0.05) is 32.2 Å². The van der Waals surface area contributed by atoms with E-state index in [0.29, 0.717) is 32.1 Å². The Balaban J connectivity index is 2.41. The number of carbonyl (C=O) groups excluding carboxylic acids is 1. The molecule has 116 valence electrons. The standard InChI is InChI=1S/C14H27N3O3/c1-5-10(2)11(3)15-14(20)17-8-6-16(7-9-17)12(4)13(18)19/h10-12H,5-9H2,1-4H3,(H,15,20)(H,18,19). The van der Waals surface area contributed by atoms with Gasteiger partial charge in [0.15, 0.2) is 0 Å². The average Bonchev–Trinajstić information content (AvgIpc) is 2.45. The fourth-order valence-corrected chi connectivity index (χ4v) is 2.25. The van der Waals surface area contributed by atoms with Crippen LogP contribution in [-0.4, -0.2) is 65.2 Å². The second kappa shape index (κ2) is 7.47. The van der Waals surface area contributed by atoms with Crippen molar-refractivity contribution in [3.05, 3.63) is 0 Å². The molecule has 0 aromatic carbocycles. The topological polar surface area (TPSA) is 72.9 Å². The molecule has 0 aromatic rings. The number of carboxylic acids is 1. The highest BCUT2D eigenvalue weighted by molar-refractivity contribution is 5.75. The minimum atomic E-state index is -0.812. The van der Waals surface area contributed by atoms with Crippen molar-refractivity contribution in [2.75, 3.05) is 26.2 Å². The number of carbonyl (C=O) groups is 2. The number of hydrogen-bond donors (Lipinski definition) is 2. The van der Waals surface area contributed by atoms with Crippen LogP contribution >= 0.6 is 0 Å². The summed E-state index contributed by atoms with van der Waals surface area (Å²) >= 11 is 0. The average molecular weight is 285 g/mol. The molecule has 20 heavy (non-hydrogen) atoms. The highest BCUT2D eigenvalue weighted by Crippen LogP contribution is 2.10. The number of piperazine rings is 1. The van der Waals surface area contributed by atoms with E-state index in [2.05, 4.69) is 19.2 Å². The first-order valence-electron chi connectivity index (χ1n) is 7.39. The van der Waals surface area contributed by atoms with E-state index in [9.17, 15) is 9.59 Å². The Morgan fingerprint density at radius 3 is 2.15 bits per heavy atom. The Labute approximate surface area is 121 Å². The molecule has 1 aliphatic rings. The summed E-state index contributed by atoms with van der Waals surface area (Å²) in [6.45, 7) is 10.3. The van der Waals surface area contributed by atoms with E-state index in [1.165, 1.54) is 0 Å². The number of aliphatic carboxylic acids is 1. The molecule has 1 aliphatic heterocycles. The number of urea groups is 1. The SMILES string of the molecule is CCC(C)C(C)NC(=O)N1CCN(C(C)C(=O)O)CC1. The summed E-state index contributed by atoms with van der Waals surface area (Å²) in [4.78, 5) is 26.7. The van der Waals surface area contributed by atoms with Gasteiger partial charge in [0.1, 0.15) is 6.04 Å². The molecule has 3 unspecified atom stereocenters. The zero-order valence-electron chi connectivity index (χ0n) is 12.9. The molecule has 0 aliphatic carbocycles. The number of hydrogen-bond acceptors (Lipinski definition) is 3. The Kier molecular flexibility index (Phi) is 6.26. The lowest BCUT2D eigenvalue weighted by atomic mass is 10.0. The van der Waals surface area contributed by atoms with Crippen LogP contribution in [0.3, 0.4) is 0 Å². The second-order valence-corrected chi connectivity index (χ2v) is 5.66. The van der Waals surface area contributed by atoms with Crippen LogP contribution in [0.15, 0.2) is 0 Å². The Morgan fingerprint density at radius 2 is 1.70 bits per heavy atom. The van der Waals surface area contributed by atoms with Gasteiger partial charge in [0.05, 0.1) is 0 Å². The van der Waals surface area contributed by atoms with Gasteiger partial charge in [-0.3, -0.25) is 9.69 Å². The molecular formula is C14H27N3O3. The van der Waals surface area contributed by atoms with Gasteiger partial charge in [-0.25, -0.2) is 4.79 Å². The molecular weight excluding hydrogens is 258 g/mol. The smallest absolute Gasteiger partial charge is 0.320 e. The highest BCUT2D eigenvalue weighted by Gasteiger charge is 2.27. The minimum Gasteiger partial charge on any atom is -0.480 e. The Morgan fingerprint density at radius 1 is 1.15 bits per heavy atom. The van der Waals surface area contributed by atoms with Crippen LogP contribution in [0.4, 0.5) is 4.79 Å². The molecule has 3 atom stereocenters. The highest BCUT2D eigenvalue weighted by atomic mass is 16.4. The van der Waals surface area contributed by atoms with Crippen molar-refractivity contribution >= 4 is 12.0 Å². The van der Waals surface area contributed by atoms with Crippen LogP contribution in [0.1, 0.15) is 34.1 Å². The summed E-state index contributed by atoms with van der Waals surface area (Å²) in [5, 5.41) is 12.0. The van der Waals surface area contributed by atoms with Crippen LogP contribution in [0, 0.1) is 5.92 Å². The number of nitrogens with one attached hydrogen (secondary N) is 1. The Bertz CT molecular complexity index is 341. The maximum Gasteiger partial charge on any atom is 0.320 e. The molecule has 2 amide bonds. The van der Waals surface area contributed by atoms with Gasteiger partial charge < -0.3 is 15.3 Å². The van der Waals surface area contributed by atoms with Crippen molar-refractivity contribution in [2.45, 2.75) is 46.2 Å². The quantitative estimate of drug-likeness (QED) is 0.796. The first-order valence-corrected chi connectivity index (χ1v) is 7.39. The third-order valence-corrected chi connectivity index (χ3v) is 4.36. The van der Waals surface area contributed by atoms with Gasteiger partial charge in [-0.2, -0.15) is 0 Å². The molecule has 0 bridgehead atoms. The third-order valence-electron chi connectivity index (χ3n) is 4.36. The van der Waals surface area contributed by atoms with Crippen molar-refractivity contribution in [1.29, 1.82) is 0 Å². The fraction of sp³-hybridized carbons (Fsp3) is 0.857. The second-order valence-electron chi connectivity index (χ2n) is 5.66. The van der Waals surface area contributed by atoms with E-state index < -0.39 is 12.0 Å². The maximum atomic E-state index is 12.1.